The third-order valence-corrected chi connectivity index (χ3v) is 6.47. The number of anilines is 2. The van der Waals surface area contributed by atoms with E-state index in [9.17, 15) is 9.59 Å². The SMILES string of the molecule is CCOC(=O)CNc1ncnc2c(C(=O)Nc3c(C)c(OC)cc(OC)c3I)csc12. The molecule has 3 aromatic rings. The van der Waals surface area contributed by atoms with E-state index < -0.39 is 0 Å². The number of halogens is 1. The molecule has 1 aromatic carbocycles. The molecule has 0 fully saturated rings. The maximum absolute atomic E-state index is 13.1. The summed E-state index contributed by atoms with van der Waals surface area (Å²) < 4.78 is 17.2. The fourth-order valence-corrected chi connectivity index (χ4v) is 4.78. The van der Waals surface area contributed by atoms with E-state index in [1.807, 2.05) is 6.92 Å². The molecule has 2 N–H and O–H groups in total. The number of fused-ring (bicyclic) bond motifs is 1. The summed E-state index contributed by atoms with van der Waals surface area (Å²) in [5.41, 5.74) is 2.29. The number of carbonyl (C=O) groups excluding carboxylic acids is 2. The van der Waals surface area contributed by atoms with Gasteiger partial charge in [0.05, 0.1) is 45.9 Å². The van der Waals surface area contributed by atoms with Gasteiger partial charge in [0, 0.05) is 17.0 Å². The van der Waals surface area contributed by atoms with Gasteiger partial charge in [-0.05, 0) is 36.4 Å². The normalized spacial score (nSPS) is 10.6. The summed E-state index contributed by atoms with van der Waals surface area (Å²) in [6.07, 6.45) is 1.35. The number of aromatic nitrogens is 2. The molecule has 0 atom stereocenters. The number of carbonyl (C=O) groups is 2. The van der Waals surface area contributed by atoms with Crippen LogP contribution in [0.25, 0.3) is 10.2 Å². The van der Waals surface area contributed by atoms with Crippen LogP contribution >= 0.6 is 33.9 Å². The number of hydrogen-bond acceptors (Lipinski definition) is 9. The Morgan fingerprint density at radius 3 is 2.61 bits per heavy atom. The topological polar surface area (TPSA) is 112 Å². The molecule has 0 aliphatic rings. The maximum Gasteiger partial charge on any atom is 0.325 e. The van der Waals surface area contributed by atoms with Crippen molar-refractivity contribution in [1.82, 2.24) is 9.97 Å². The second kappa shape index (κ2) is 10.1. The lowest BCUT2D eigenvalue weighted by atomic mass is 10.1. The molecule has 11 heteroatoms. The molecular weight excluding hydrogens is 535 g/mol. The van der Waals surface area contributed by atoms with Crippen molar-refractivity contribution in [3.63, 3.8) is 0 Å². The summed E-state index contributed by atoms with van der Waals surface area (Å²) in [5.74, 6) is 0.964. The highest BCUT2D eigenvalue weighted by atomic mass is 127. The van der Waals surface area contributed by atoms with Crippen molar-refractivity contribution < 1.29 is 23.8 Å². The van der Waals surface area contributed by atoms with Crippen LogP contribution in [0.15, 0.2) is 17.8 Å². The Kier molecular flexibility index (Phi) is 7.49. The van der Waals surface area contributed by atoms with Gasteiger partial charge in [-0.1, -0.05) is 0 Å². The first kappa shape index (κ1) is 23.0. The lowest BCUT2D eigenvalue weighted by Gasteiger charge is -2.16. The molecule has 0 aliphatic carbocycles. The van der Waals surface area contributed by atoms with Crippen LogP contribution < -0.4 is 20.1 Å². The Bertz CT molecular complexity index is 1110. The zero-order chi connectivity index (χ0) is 22.5. The fraction of sp³-hybridized carbons (Fsp3) is 0.300. The van der Waals surface area contributed by atoms with E-state index in [1.165, 1.54) is 17.7 Å². The molecule has 164 valence electrons. The lowest BCUT2D eigenvalue weighted by molar-refractivity contribution is -0.140. The molecule has 0 saturated carbocycles. The first-order valence-corrected chi connectivity index (χ1v) is 11.2. The van der Waals surface area contributed by atoms with Gasteiger partial charge >= 0.3 is 5.97 Å². The van der Waals surface area contributed by atoms with E-state index >= 15 is 0 Å². The summed E-state index contributed by atoms with van der Waals surface area (Å²) in [7, 11) is 3.13. The monoisotopic (exact) mass is 556 g/mol. The number of hydrogen-bond donors (Lipinski definition) is 2. The van der Waals surface area contributed by atoms with Crippen molar-refractivity contribution in [1.29, 1.82) is 0 Å². The van der Waals surface area contributed by atoms with Crippen LogP contribution in [0.5, 0.6) is 11.5 Å². The number of benzene rings is 1. The summed E-state index contributed by atoms with van der Waals surface area (Å²) in [4.78, 5) is 33.2. The van der Waals surface area contributed by atoms with Gasteiger partial charge in [0.2, 0.25) is 0 Å². The van der Waals surface area contributed by atoms with Crippen LogP contribution in [0.3, 0.4) is 0 Å². The van der Waals surface area contributed by atoms with Gasteiger partial charge in [-0.25, -0.2) is 9.97 Å². The standard InChI is InChI=1S/C20H21IN4O5S/c1-5-30-14(26)7-22-19-18-17(23-9-24-19)11(8-31-18)20(27)25-16-10(2)12(28-3)6-13(29-4)15(16)21/h6,8-9H,5,7H2,1-4H3,(H,25,27)(H,22,23,24). The van der Waals surface area contributed by atoms with E-state index in [-0.39, 0.29) is 18.4 Å². The van der Waals surface area contributed by atoms with E-state index in [0.717, 1.165) is 9.13 Å². The highest BCUT2D eigenvalue weighted by Crippen LogP contribution is 2.38. The summed E-state index contributed by atoms with van der Waals surface area (Å²) in [6, 6.07) is 1.78. The molecule has 3 rings (SSSR count). The van der Waals surface area contributed by atoms with Crippen LogP contribution in [0, 0.1) is 10.5 Å². The second-order valence-corrected chi connectivity index (χ2v) is 8.22. The molecule has 31 heavy (non-hydrogen) atoms. The quantitative estimate of drug-likeness (QED) is 0.318. The van der Waals surface area contributed by atoms with Crippen molar-refractivity contribution >= 4 is 67.5 Å². The Labute approximate surface area is 196 Å². The molecule has 0 spiro atoms. The first-order valence-electron chi connectivity index (χ1n) is 9.25. The van der Waals surface area contributed by atoms with Crippen molar-refractivity contribution in [2.45, 2.75) is 13.8 Å². The highest BCUT2D eigenvalue weighted by Gasteiger charge is 2.21. The van der Waals surface area contributed by atoms with Gasteiger partial charge in [-0.2, -0.15) is 0 Å². The molecule has 0 bridgehead atoms. The number of methoxy groups -OCH3 is 2. The van der Waals surface area contributed by atoms with Crippen LogP contribution in [0.2, 0.25) is 0 Å². The predicted molar refractivity (Wildman–Crippen MR) is 127 cm³/mol. The fourth-order valence-electron chi connectivity index (χ4n) is 2.90. The Balaban J connectivity index is 1.91. The number of rotatable bonds is 8. The van der Waals surface area contributed by atoms with E-state index in [2.05, 4.69) is 43.2 Å². The lowest BCUT2D eigenvalue weighted by Crippen LogP contribution is -2.17. The number of esters is 1. The molecule has 0 saturated heterocycles. The third kappa shape index (κ3) is 4.82. The number of thiophene rings is 1. The molecule has 9 nitrogen and oxygen atoms in total. The van der Waals surface area contributed by atoms with E-state index in [0.29, 0.717) is 45.4 Å². The largest absolute Gasteiger partial charge is 0.496 e. The van der Waals surface area contributed by atoms with Crippen molar-refractivity contribution in [2.75, 3.05) is 38.0 Å². The smallest absolute Gasteiger partial charge is 0.325 e. The van der Waals surface area contributed by atoms with Crippen molar-refractivity contribution in [3.8, 4) is 11.5 Å². The number of amides is 1. The molecular formula is C20H21IN4O5S. The van der Waals surface area contributed by atoms with Crippen LogP contribution in [-0.4, -0.2) is 49.2 Å². The first-order chi connectivity index (χ1) is 14.9. The number of nitrogens with zero attached hydrogens (tertiary/aromatic N) is 2. The number of ether oxygens (including phenoxy) is 3. The van der Waals surface area contributed by atoms with Crippen molar-refractivity contribution in [2.24, 2.45) is 0 Å². The van der Waals surface area contributed by atoms with Crippen LogP contribution in [-0.2, 0) is 9.53 Å². The highest BCUT2D eigenvalue weighted by molar-refractivity contribution is 14.1. The van der Waals surface area contributed by atoms with Crippen molar-refractivity contribution in [3.05, 3.63) is 32.5 Å². The minimum absolute atomic E-state index is 0.0274. The van der Waals surface area contributed by atoms with Gasteiger partial charge in [0.1, 0.15) is 30.2 Å². The zero-order valence-corrected chi connectivity index (χ0v) is 20.3. The van der Waals surface area contributed by atoms with E-state index in [1.54, 1.807) is 32.6 Å². The molecule has 2 heterocycles. The molecule has 2 aromatic heterocycles. The van der Waals surface area contributed by atoms with Gasteiger partial charge in [-0.3, -0.25) is 9.59 Å². The molecule has 0 aliphatic heterocycles. The second-order valence-electron chi connectivity index (χ2n) is 6.26. The molecule has 0 unspecified atom stereocenters. The summed E-state index contributed by atoms with van der Waals surface area (Å²) in [6.45, 7) is 3.88. The van der Waals surface area contributed by atoms with Gasteiger partial charge in [0.15, 0.2) is 0 Å². The Morgan fingerprint density at radius 1 is 1.19 bits per heavy atom. The summed E-state index contributed by atoms with van der Waals surface area (Å²) >= 11 is 3.44. The maximum atomic E-state index is 13.1. The minimum atomic E-state index is -0.388. The van der Waals surface area contributed by atoms with Crippen LogP contribution in [0.4, 0.5) is 11.5 Å². The third-order valence-electron chi connectivity index (χ3n) is 4.42. The van der Waals surface area contributed by atoms with Gasteiger partial charge < -0.3 is 24.8 Å². The average molecular weight is 556 g/mol. The number of nitrogens with one attached hydrogen (secondary N) is 2. The van der Waals surface area contributed by atoms with Crippen LogP contribution in [0.1, 0.15) is 22.8 Å². The zero-order valence-electron chi connectivity index (χ0n) is 17.4. The minimum Gasteiger partial charge on any atom is -0.496 e. The molecule has 1 amide bonds. The van der Waals surface area contributed by atoms with E-state index in [4.69, 9.17) is 14.2 Å². The Morgan fingerprint density at radius 2 is 1.94 bits per heavy atom. The summed E-state index contributed by atoms with van der Waals surface area (Å²) in [5, 5.41) is 7.61. The predicted octanol–water partition coefficient (Wildman–Crippen LogP) is 3.85. The Hall–Kier alpha value is -2.67. The van der Waals surface area contributed by atoms with Gasteiger partial charge in [0.25, 0.3) is 5.91 Å². The van der Waals surface area contributed by atoms with Gasteiger partial charge in [-0.15, -0.1) is 11.3 Å². The molecule has 0 radical (unpaired) electrons. The average Bonchev–Trinajstić information content (AvgIpc) is 3.20.